The number of carboxylic acids is 1. The zero-order valence-electron chi connectivity index (χ0n) is 10.5. The van der Waals surface area contributed by atoms with Crippen molar-refractivity contribution in [1.82, 2.24) is 15.2 Å². The molecule has 0 fully saturated rings. The fraction of sp³-hybridized carbons (Fsp3) is 0.167. The van der Waals surface area contributed by atoms with E-state index in [0.29, 0.717) is 12.2 Å². The van der Waals surface area contributed by atoms with Crippen LogP contribution in [0.15, 0.2) is 18.2 Å². The summed E-state index contributed by atoms with van der Waals surface area (Å²) in [6.45, 7) is 1.85. The molecule has 104 valence electrons. The molecule has 8 nitrogen and oxygen atoms in total. The van der Waals surface area contributed by atoms with Crippen LogP contribution >= 0.6 is 0 Å². The predicted octanol–water partition coefficient (Wildman–Crippen LogP) is 1.02. The fourth-order valence-corrected chi connectivity index (χ4v) is 1.55. The van der Waals surface area contributed by atoms with E-state index in [1.54, 1.807) is 0 Å². The van der Waals surface area contributed by atoms with Crippen LogP contribution in [-0.2, 0) is 6.42 Å². The lowest BCUT2D eigenvalue weighted by Gasteiger charge is -2.07. The highest BCUT2D eigenvalue weighted by Gasteiger charge is 2.17. The molecule has 1 aromatic carbocycles. The molecule has 0 spiro atoms. The highest BCUT2D eigenvalue weighted by atomic mass is 16.4. The van der Waals surface area contributed by atoms with E-state index in [2.05, 4.69) is 20.5 Å². The van der Waals surface area contributed by atoms with Crippen LogP contribution in [0.4, 0.5) is 5.69 Å². The van der Waals surface area contributed by atoms with Crippen LogP contribution in [0.1, 0.15) is 33.7 Å². The first-order valence-corrected chi connectivity index (χ1v) is 5.80. The standard InChI is InChI=1S/C12H12N4O4/c1-2-8-14-10(16-15-8)11(18)13-7-5-3-4-6(9(7)17)12(19)20/h3-5,17H,2H2,1H3,(H,13,18)(H,19,20)(H,14,15,16). The number of anilines is 1. The molecular formula is C12H12N4O4. The minimum atomic E-state index is -1.29. The van der Waals surface area contributed by atoms with Gasteiger partial charge in [0, 0.05) is 6.42 Å². The molecule has 1 heterocycles. The summed E-state index contributed by atoms with van der Waals surface area (Å²) < 4.78 is 0. The second kappa shape index (κ2) is 5.39. The fourth-order valence-electron chi connectivity index (χ4n) is 1.55. The monoisotopic (exact) mass is 276 g/mol. The van der Waals surface area contributed by atoms with Crippen molar-refractivity contribution in [2.75, 3.05) is 5.32 Å². The van der Waals surface area contributed by atoms with Gasteiger partial charge in [-0.1, -0.05) is 13.0 Å². The summed E-state index contributed by atoms with van der Waals surface area (Å²) in [5.74, 6) is -1.97. The Kier molecular flexibility index (Phi) is 3.65. The number of rotatable bonds is 4. The summed E-state index contributed by atoms with van der Waals surface area (Å²) in [4.78, 5) is 26.7. The Morgan fingerprint density at radius 3 is 2.75 bits per heavy atom. The third kappa shape index (κ3) is 2.58. The van der Waals surface area contributed by atoms with E-state index in [-0.39, 0.29) is 17.1 Å². The number of carbonyl (C=O) groups excluding carboxylic acids is 1. The number of para-hydroxylation sites is 1. The Morgan fingerprint density at radius 2 is 2.15 bits per heavy atom. The molecule has 1 amide bonds. The third-order valence-electron chi connectivity index (χ3n) is 2.58. The number of aromatic hydroxyl groups is 1. The summed E-state index contributed by atoms with van der Waals surface area (Å²) in [5, 5.41) is 27.3. The molecule has 4 N–H and O–H groups in total. The van der Waals surface area contributed by atoms with Crippen LogP contribution in [-0.4, -0.2) is 37.3 Å². The van der Waals surface area contributed by atoms with Crippen LogP contribution in [0.25, 0.3) is 0 Å². The van der Waals surface area contributed by atoms with E-state index in [9.17, 15) is 14.7 Å². The zero-order valence-corrected chi connectivity index (χ0v) is 10.5. The Balaban J connectivity index is 2.24. The van der Waals surface area contributed by atoms with Gasteiger partial charge in [-0.05, 0) is 12.1 Å². The number of amides is 1. The maximum atomic E-state index is 11.9. The molecule has 0 saturated carbocycles. The third-order valence-corrected chi connectivity index (χ3v) is 2.58. The molecule has 0 radical (unpaired) electrons. The van der Waals surface area contributed by atoms with Gasteiger partial charge in [0.2, 0.25) is 5.82 Å². The Morgan fingerprint density at radius 1 is 1.40 bits per heavy atom. The van der Waals surface area contributed by atoms with Gasteiger partial charge < -0.3 is 15.5 Å². The second-order valence-corrected chi connectivity index (χ2v) is 3.92. The molecule has 2 rings (SSSR count). The second-order valence-electron chi connectivity index (χ2n) is 3.92. The van der Waals surface area contributed by atoms with Crippen molar-refractivity contribution in [3.05, 3.63) is 35.4 Å². The van der Waals surface area contributed by atoms with Gasteiger partial charge in [0.15, 0.2) is 5.75 Å². The van der Waals surface area contributed by atoms with Crippen molar-refractivity contribution in [3.8, 4) is 5.75 Å². The van der Waals surface area contributed by atoms with E-state index in [4.69, 9.17) is 5.11 Å². The molecule has 0 saturated heterocycles. The van der Waals surface area contributed by atoms with E-state index >= 15 is 0 Å². The van der Waals surface area contributed by atoms with Crippen LogP contribution < -0.4 is 5.32 Å². The number of benzene rings is 1. The number of H-pyrrole nitrogens is 1. The predicted molar refractivity (Wildman–Crippen MR) is 68.8 cm³/mol. The largest absolute Gasteiger partial charge is 0.505 e. The van der Waals surface area contributed by atoms with Crippen molar-refractivity contribution in [2.45, 2.75) is 13.3 Å². The van der Waals surface area contributed by atoms with Gasteiger partial charge in [-0.15, -0.1) is 5.10 Å². The molecule has 2 aromatic rings. The van der Waals surface area contributed by atoms with Gasteiger partial charge in [0.1, 0.15) is 11.4 Å². The molecule has 1 aromatic heterocycles. The smallest absolute Gasteiger partial charge is 0.339 e. The van der Waals surface area contributed by atoms with E-state index in [0.717, 1.165) is 0 Å². The number of hydrogen-bond donors (Lipinski definition) is 4. The summed E-state index contributed by atoms with van der Waals surface area (Å²) in [6, 6.07) is 4.02. The maximum Gasteiger partial charge on any atom is 0.339 e. The molecule has 0 unspecified atom stereocenters. The highest BCUT2D eigenvalue weighted by molar-refractivity contribution is 6.04. The number of carboxylic acid groups (broad SMARTS) is 1. The molecule has 0 atom stereocenters. The molecule has 0 aliphatic rings. The average molecular weight is 276 g/mol. The Bertz CT molecular complexity index is 665. The SMILES string of the molecule is CCc1nc(C(=O)Nc2cccc(C(=O)O)c2O)n[nH]1. The minimum absolute atomic E-state index is 0.0160. The topological polar surface area (TPSA) is 128 Å². The van der Waals surface area contributed by atoms with E-state index < -0.39 is 17.6 Å². The summed E-state index contributed by atoms with van der Waals surface area (Å²) in [6.07, 6.45) is 0.597. The first-order valence-electron chi connectivity index (χ1n) is 5.80. The van der Waals surface area contributed by atoms with Crippen LogP contribution in [0.3, 0.4) is 0 Å². The van der Waals surface area contributed by atoms with Gasteiger partial charge >= 0.3 is 5.97 Å². The van der Waals surface area contributed by atoms with Gasteiger partial charge in [-0.25, -0.2) is 9.78 Å². The number of aromatic nitrogens is 3. The van der Waals surface area contributed by atoms with Crippen molar-refractivity contribution in [2.24, 2.45) is 0 Å². The van der Waals surface area contributed by atoms with Crippen LogP contribution in [0.2, 0.25) is 0 Å². The molecule has 0 bridgehead atoms. The number of aromatic amines is 1. The first kappa shape index (κ1) is 13.5. The van der Waals surface area contributed by atoms with Crippen molar-refractivity contribution in [1.29, 1.82) is 0 Å². The van der Waals surface area contributed by atoms with Crippen LogP contribution in [0, 0.1) is 0 Å². The number of nitrogens with one attached hydrogen (secondary N) is 2. The summed E-state index contributed by atoms with van der Waals surface area (Å²) in [7, 11) is 0. The van der Waals surface area contributed by atoms with Crippen molar-refractivity contribution >= 4 is 17.6 Å². The van der Waals surface area contributed by atoms with Gasteiger partial charge in [0.05, 0.1) is 5.69 Å². The first-order chi connectivity index (χ1) is 9.52. The van der Waals surface area contributed by atoms with Crippen molar-refractivity contribution < 1.29 is 19.8 Å². The van der Waals surface area contributed by atoms with Gasteiger partial charge in [-0.2, -0.15) is 0 Å². The van der Waals surface area contributed by atoms with Gasteiger partial charge in [-0.3, -0.25) is 9.89 Å². The number of carbonyl (C=O) groups is 2. The summed E-state index contributed by atoms with van der Waals surface area (Å²) in [5.41, 5.74) is -0.315. The maximum absolute atomic E-state index is 11.9. The Hall–Kier alpha value is -2.90. The molecule has 0 aliphatic carbocycles. The normalized spacial score (nSPS) is 10.2. The minimum Gasteiger partial charge on any atom is -0.505 e. The molecular weight excluding hydrogens is 264 g/mol. The lowest BCUT2D eigenvalue weighted by molar-refractivity contribution is 0.0693. The number of nitrogens with zero attached hydrogens (tertiary/aromatic N) is 2. The lowest BCUT2D eigenvalue weighted by Crippen LogP contribution is -2.14. The van der Waals surface area contributed by atoms with E-state index in [1.807, 2.05) is 6.92 Å². The number of aryl methyl sites for hydroxylation is 1. The number of aromatic carboxylic acids is 1. The Labute approximate surface area is 113 Å². The molecule has 0 aliphatic heterocycles. The van der Waals surface area contributed by atoms with Crippen LogP contribution in [0.5, 0.6) is 5.75 Å². The summed E-state index contributed by atoms with van der Waals surface area (Å²) >= 11 is 0. The van der Waals surface area contributed by atoms with E-state index in [1.165, 1.54) is 18.2 Å². The van der Waals surface area contributed by atoms with Gasteiger partial charge in [0.25, 0.3) is 5.91 Å². The zero-order chi connectivity index (χ0) is 14.7. The molecule has 8 heteroatoms. The molecule has 20 heavy (non-hydrogen) atoms. The average Bonchev–Trinajstić information content (AvgIpc) is 2.89. The number of hydrogen-bond acceptors (Lipinski definition) is 5. The lowest BCUT2D eigenvalue weighted by atomic mass is 10.1. The highest BCUT2D eigenvalue weighted by Crippen LogP contribution is 2.27. The number of phenols is 1. The quantitative estimate of drug-likeness (QED) is 0.617. The van der Waals surface area contributed by atoms with Crippen molar-refractivity contribution in [3.63, 3.8) is 0 Å².